The van der Waals surface area contributed by atoms with Gasteiger partial charge in [0.05, 0.1) is 33.2 Å². The Morgan fingerprint density at radius 3 is 2.27 bits per heavy atom. The topological polar surface area (TPSA) is 41.5 Å². The Labute approximate surface area is 264 Å². The highest BCUT2D eigenvalue weighted by molar-refractivity contribution is 8.00. The van der Waals surface area contributed by atoms with Crippen LogP contribution in [0.2, 0.25) is 0 Å². The summed E-state index contributed by atoms with van der Waals surface area (Å²) in [5.74, 6) is 1.77. The molecule has 0 fully saturated rings. The van der Waals surface area contributed by atoms with Crippen molar-refractivity contribution in [3.63, 3.8) is 0 Å². The molecular formula is C38H23BN4OS. The fraction of sp³-hybridized carbons (Fsp3) is 0. The van der Waals surface area contributed by atoms with Gasteiger partial charge >= 0.3 is 0 Å². The summed E-state index contributed by atoms with van der Waals surface area (Å²) in [6.45, 7) is 0.0324. The average Bonchev–Trinajstić information content (AvgIpc) is 3.10. The molecule has 0 saturated heterocycles. The molecule has 5 heterocycles. The first-order valence-electron chi connectivity index (χ1n) is 15.0. The Balaban J connectivity index is 1.34. The molecule has 10 rings (SSSR count). The van der Waals surface area contributed by atoms with Crippen LogP contribution >= 0.6 is 11.8 Å². The summed E-state index contributed by atoms with van der Waals surface area (Å²) >= 11 is 1.83. The molecule has 5 nitrogen and oxygen atoms in total. The lowest BCUT2D eigenvalue weighted by Crippen LogP contribution is -2.59. The molecule has 0 atom stereocenters. The third-order valence-electron chi connectivity index (χ3n) is 9.02. The minimum atomic E-state index is 0.0324. The third-order valence-corrected chi connectivity index (χ3v) is 10.2. The lowest BCUT2D eigenvalue weighted by molar-refractivity contribution is 0.487. The number of hydrogen-bond donors (Lipinski definition) is 0. The van der Waals surface area contributed by atoms with Crippen molar-refractivity contribution in [3.05, 3.63) is 140 Å². The van der Waals surface area contributed by atoms with Gasteiger partial charge in [0.15, 0.2) is 0 Å². The van der Waals surface area contributed by atoms with Gasteiger partial charge in [-0.1, -0.05) is 78.5 Å². The van der Waals surface area contributed by atoms with Gasteiger partial charge < -0.3 is 14.5 Å². The molecule has 0 saturated carbocycles. The zero-order valence-corrected chi connectivity index (χ0v) is 24.8. The molecule has 7 aromatic rings. The van der Waals surface area contributed by atoms with Crippen molar-refractivity contribution in [2.75, 3.05) is 9.80 Å². The van der Waals surface area contributed by atoms with Gasteiger partial charge in [0.2, 0.25) is 0 Å². The summed E-state index contributed by atoms with van der Waals surface area (Å²) in [6.07, 6.45) is 5.61. The number of para-hydroxylation sites is 4. The van der Waals surface area contributed by atoms with Gasteiger partial charge in [0.25, 0.3) is 6.71 Å². The Bertz CT molecular complexity index is 2320. The van der Waals surface area contributed by atoms with Crippen LogP contribution in [0.25, 0.3) is 10.9 Å². The molecule has 0 radical (unpaired) electrons. The van der Waals surface area contributed by atoms with Gasteiger partial charge in [0, 0.05) is 46.3 Å². The summed E-state index contributed by atoms with van der Waals surface area (Å²) < 4.78 is 6.86. The fourth-order valence-electron chi connectivity index (χ4n) is 7.20. The Morgan fingerprint density at radius 2 is 1.36 bits per heavy atom. The van der Waals surface area contributed by atoms with Crippen LogP contribution in [0.4, 0.5) is 34.1 Å². The molecule has 0 unspecified atom stereocenters. The summed E-state index contributed by atoms with van der Waals surface area (Å²) in [4.78, 5) is 16.4. The van der Waals surface area contributed by atoms with Gasteiger partial charge in [-0.05, 0) is 64.9 Å². The molecule has 2 aromatic heterocycles. The van der Waals surface area contributed by atoms with E-state index in [1.807, 2.05) is 36.4 Å². The number of hydrogen-bond acceptors (Lipinski definition) is 6. The van der Waals surface area contributed by atoms with Crippen LogP contribution in [0.1, 0.15) is 0 Å². The predicted octanol–water partition coefficient (Wildman–Crippen LogP) is 7.97. The largest absolute Gasteiger partial charge is 0.458 e. The lowest BCUT2D eigenvalue weighted by atomic mass is 9.34. The smallest absolute Gasteiger partial charge is 0.256 e. The molecule has 45 heavy (non-hydrogen) atoms. The maximum Gasteiger partial charge on any atom is 0.256 e. The fourth-order valence-corrected chi connectivity index (χ4v) is 8.39. The number of rotatable bonds is 2. The normalized spacial score (nSPS) is 13.7. The van der Waals surface area contributed by atoms with E-state index < -0.39 is 0 Å². The maximum absolute atomic E-state index is 6.86. The van der Waals surface area contributed by atoms with E-state index in [9.17, 15) is 0 Å². The Hall–Kier alpha value is -5.53. The minimum Gasteiger partial charge on any atom is -0.458 e. The first-order chi connectivity index (χ1) is 22.3. The SMILES string of the molecule is c1ccc2c(c1)Oc1cc3c(c4c1B2c1ccccc1N4c1ccncc1)Sc1ccccc1N3c1cccc2cccnc12. The van der Waals surface area contributed by atoms with Crippen LogP contribution < -0.4 is 30.9 Å². The molecule has 0 spiro atoms. The van der Waals surface area contributed by atoms with Crippen molar-refractivity contribution >= 4 is 79.9 Å². The van der Waals surface area contributed by atoms with Crippen molar-refractivity contribution in [1.29, 1.82) is 0 Å². The molecule has 0 bridgehead atoms. The maximum atomic E-state index is 6.86. The highest BCUT2D eigenvalue weighted by Crippen LogP contribution is 2.58. The number of aromatic nitrogens is 2. The van der Waals surface area contributed by atoms with E-state index in [2.05, 4.69) is 130 Å². The van der Waals surface area contributed by atoms with Gasteiger partial charge in [-0.3, -0.25) is 9.97 Å². The van der Waals surface area contributed by atoms with Crippen LogP contribution in [-0.2, 0) is 0 Å². The van der Waals surface area contributed by atoms with Crippen molar-refractivity contribution < 1.29 is 4.74 Å². The van der Waals surface area contributed by atoms with Crippen molar-refractivity contribution in [2.24, 2.45) is 0 Å². The molecule has 5 aromatic carbocycles. The van der Waals surface area contributed by atoms with Crippen LogP contribution in [-0.4, -0.2) is 16.7 Å². The van der Waals surface area contributed by atoms with Crippen molar-refractivity contribution in [1.82, 2.24) is 9.97 Å². The number of nitrogens with zero attached hydrogens (tertiary/aromatic N) is 4. The van der Waals surface area contributed by atoms with Gasteiger partial charge in [-0.15, -0.1) is 0 Å². The lowest BCUT2D eigenvalue weighted by Gasteiger charge is -2.43. The molecular weight excluding hydrogens is 571 g/mol. The third kappa shape index (κ3) is 3.53. The number of fused-ring (bicyclic) bond motifs is 8. The standard InChI is InChI=1S/C38H23BN4OS/c1-3-13-28-26(11-1)39-27-12-2-5-16-32(27)44-33-23-31-38(37(35(33)39)42(28)25-18-21-40-22-19-25)45-34-17-6-4-14-29(34)43(31)30-15-7-9-24-10-8-20-41-36(24)30/h1-23H. The Kier molecular flexibility index (Phi) is 5.24. The molecule has 0 amide bonds. The molecule has 3 aliphatic rings. The molecule has 0 aliphatic carbocycles. The number of pyridine rings is 2. The zero-order chi connectivity index (χ0) is 29.5. The second-order valence-electron chi connectivity index (χ2n) is 11.4. The molecule has 7 heteroatoms. The summed E-state index contributed by atoms with van der Waals surface area (Å²) in [6, 6.07) is 42.9. The van der Waals surface area contributed by atoms with Crippen molar-refractivity contribution in [2.45, 2.75) is 9.79 Å². The van der Waals surface area contributed by atoms with E-state index in [1.165, 1.54) is 26.2 Å². The monoisotopic (exact) mass is 594 g/mol. The predicted molar refractivity (Wildman–Crippen MR) is 184 cm³/mol. The first kappa shape index (κ1) is 24.9. The van der Waals surface area contributed by atoms with Crippen molar-refractivity contribution in [3.8, 4) is 11.5 Å². The minimum absolute atomic E-state index is 0.0324. The number of benzene rings is 5. The van der Waals surface area contributed by atoms with Crippen LogP contribution in [0.5, 0.6) is 11.5 Å². The molecule has 0 N–H and O–H groups in total. The molecule has 3 aliphatic heterocycles. The van der Waals surface area contributed by atoms with E-state index in [4.69, 9.17) is 9.72 Å². The highest BCUT2D eigenvalue weighted by Gasteiger charge is 2.45. The highest BCUT2D eigenvalue weighted by atomic mass is 32.2. The van der Waals surface area contributed by atoms with E-state index in [1.54, 1.807) is 0 Å². The van der Waals surface area contributed by atoms with Gasteiger partial charge in [0.1, 0.15) is 11.5 Å². The Morgan fingerprint density at radius 1 is 0.600 bits per heavy atom. The number of ether oxygens (including phenoxy) is 1. The van der Waals surface area contributed by atoms with E-state index >= 15 is 0 Å². The van der Waals surface area contributed by atoms with Gasteiger partial charge in [-0.25, -0.2) is 0 Å². The van der Waals surface area contributed by atoms with Crippen LogP contribution in [0.3, 0.4) is 0 Å². The quantitative estimate of drug-likeness (QED) is 0.189. The molecule has 210 valence electrons. The van der Waals surface area contributed by atoms with E-state index in [-0.39, 0.29) is 6.71 Å². The summed E-state index contributed by atoms with van der Waals surface area (Å²) in [7, 11) is 0. The number of anilines is 6. The first-order valence-corrected chi connectivity index (χ1v) is 15.8. The zero-order valence-electron chi connectivity index (χ0n) is 24.0. The average molecular weight is 595 g/mol. The summed E-state index contributed by atoms with van der Waals surface area (Å²) in [5, 5.41) is 1.10. The van der Waals surface area contributed by atoms with Crippen LogP contribution in [0, 0.1) is 0 Å². The second kappa shape index (κ2) is 9.49. The van der Waals surface area contributed by atoms with Crippen LogP contribution in [0.15, 0.2) is 150 Å². The van der Waals surface area contributed by atoms with Gasteiger partial charge in [-0.2, -0.15) is 0 Å². The second-order valence-corrected chi connectivity index (χ2v) is 12.5. The van der Waals surface area contributed by atoms with E-state index in [0.717, 1.165) is 56.5 Å². The van der Waals surface area contributed by atoms with E-state index in [0.29, 0.717) is 0 Å². The summed E-state index contributed by atoms with van der Waals surface area (Å²) in [5.41, 5.74) is 11.2.